The summed E-state index contributed by atoms with van der Waals surface area (Å²) in [5.41, 5.74) is 0. The Balaban J connectivity index is 2.21. The zero-order valence-corrected chi connectivity index (χ0v) is 13.6. The fourth-order valence-electron chi connectivity index (χ4n) is 2.33. The van der Waals surface area contributed by atoms with Crippen LogP contribution in [0.2, 0.25) is 0 Å². The van der Waals surface area contributed by atoms with Gasteiger partial charge < -0.3 is 5.32 Å². The first kappa shape index (κ1) is 15.5. The van der Waals surface area contributed by atoms with Crippen LogP contribution in [0.15, 0.2) is 33.6 Å². The molecular weight excluding hydrogens is 344 g/mol. The van der Waals surface area contributed by atoms with Crippen molar-refractivity contribution in [2.75, 3.05) is 20.1 Å². The number of hydrogen-bond donors (Lipinski definition) is 1. The highest BCUT2D eigenvalue weighted by molar-refractivity contribution is 9.10. The van der Waals surface area contributed by atoms with Crippen LogP contribution in [-0.2, 0) is 14.8 Å². The van der Waals surface area contributed by atoms with Crippen LogP contribution in [0.1, 0.15) is 12.8 Å². The molecule has 0 saturated carbocycles. The third-order valence-corrected chi connectivity index (χ3v) is 5.86. The fraction of sp³-hybridized carbons (Fsp3) is 0.462. The third kappa shape index (κ3) is 3.21. The molecule has 5 nitrogen and oxygen atoms in total. The quantitative estimate of drug-likeness (QED) is 0.889. The summed E-state index contributed by atoms with van der Waals surface area (Å²) in [5, 5.41) is 2.59. The van der Waals surface area contributed by atoms with E-state index in [1.807, 2.05) is 0 Å². The molecule has 1 heterocycles. The Bertz CT molecular complexity index is 586. The van der Waals surface area contributed by atoms with Crippen LogP contribution in [0.5, 0.6) is 0 Å². The lowest BCUT2D eigenvalue weighted by atomic mass is 9.99. The van der Waals surface area contributed by atoms with Crippen LogP contribution in [0.25, 0.3) is 0 Å². The van der Waals surface area contributed by atoms with Crippen molar-refractivity contribution in [3.63, 3.8) is 0 Å². The second-order valence-corrected chi connectivity index (χ2v) is 7.62. The van der Waals surface area contributed by atoms with Crippen molar-refractivity contribution in [2.45, 2.75) is 17.7 Å². The molecule has 1 N–H and O–H groups in total. The molecule has 2 rings (SSSR count). The van der Waals surface area contributed by atoms with Crippen molar-refractivity contribution in [1.82, 2.24) is 9.62 Å². The van der Waals surface area contributed by atoms with Crippen molar-refractivity contribution >= 4 is 31.9 Å². The number of halogens is 1. The number of rotatable bonds is 3. The lowest BCUT2D eigenvalue weighted by Gasteiger charge is -2.30. The highest BCUT2D eigenvalue weighted by Gasteiger charge is 2.32. The lowest BCUT2D eigenvalue weighted by Crippen LogP contribution is -2.44. The Hall–Kier alpha value is -0.920. The van der Waals surface area contributed by atoms with Crippen LogP contribution >= 0.6 is 15.9 Å². The van der Waals surface area contributed by atoms with E-state index < -0.39 is 10.0 Å². The van der Waals surface area contributed by atoms with Crippen LogP contribution in [0, 0.1) is 5.92 Å². The van der Waals surface area contributed by atoms with Crippen LogP contribution < -0.4 is 5.32 Å². The molecular formula is C13H17BrN2O3S. The summed E-state index contributed by atoms with van der Waals surface area (Å²) in [6, 6.07) is 6.55. The number of nitrogens with one attached hydrogen (secondary N) is 1. The Kier molecular flexibility index (Phi) is 4.82. The van der Waals surface area contributed by atoms with Gasteiger partial charge in [0.2, 0.25) is 15.9 Å². The van der Waals surface area contributed by atoms with Gasteiger partial charge in [0, 0.05) is 24.6 Å². The molecule has 0 radical (unpaired) electrons. The molecule has 110 valence electrons. The Morgan fingerprint density at radius 3 is 2.60 bits per heavy atom. The van der Waals surface area contributed by atoms with Gasteiger partial charge in [-0.05, 0) is 37.1 Å². The maximum absolute atomic E-state index is 12.5. The molecule has 20 heavy (non-hydrogen) atoms. The van der Waals surface area contributed by atoms with E-state index in [0.29, 0.717) is 13.0 Å². The Morgan fingerprint density at radius 2 is 2.00 bits per heavy atom. The number of benzene rings is 1. The molecule has 1 aliphatic rings. The van der Waals surface area contributed by atoms with Crippen LogP contribution in [0.3, 0.4) is 0 Å². The number of piperidine rings is 1. The minimum Gasteiger partial charge on any atom is -0.359 e. The van der Waals surface area contributed by atoms with Crippen LogP contribution in [0.4, 0.5) is 0 Å². The van der Waals surface area contributed by atoms with Crippen molar-refractivity contribution < 1.29 is 13.2 Å². The maximum atomic E-state index is 12.5. The Morgan fingerprint density at radius 1 is 1.35 bits per heavy atom. The summed E-state index contributed by atoms with van der Waals surface area (Å²) in [4.78, 5) is 11.9. The Labute approximate surface area is 127 Å². The monoisotopic (exact) mass is 360 g/mol. The molecule has 0 bridgehead atoms. The standard InChI is InChI=1S/C13H17BrN2O3S/c1-15-13(17)10-3-2-8-16(9-10)20(18,19)12-6-4-11(14)5-7-12/h4-7,10H,2-3,8-9H2,1H3,(H,15,17). The number of hydrogen-bond acceptors (Lipinski definition) is 3. The number of nitrogens with zero attached hydrogens (tertiary/aromatic N) is 1. The minimum atomic E-state index is -3.52. The SMILES string of the molecule is CNC(=O)C1CCCN(S(=O)(=O)c2ccc(Br)cc2)C1. The molecule has 1 atom stereocenters. The second-order valence-electron chi connectivity index (χ2n) is 4.77. The van der Waals surface area contributed by atoms with E-state index in [9.17, 15) is 13.2 Å². The summed E-state index contributed by atoms with van der Waals surface area (Å²) in [6.45, 7) is 0.712. The second kappa shape index (κ2) is 6.24. The van der Waals surface area contributed by atoms with Gasteiger partial charge in [-0.1, -0.05) is 15.9 Å². The third-order valence-electron chi connectivity index (χ3n) is 3.45. The van der Waals surface area contributed by atoms with E-state index >= 15 is 0 Å². The highest BCUT2D eigenvalue weighted by Crippen LogP contribution is 2.24. The van der Waals surface area contributed by atoms with Crippen molar-refractivity contribution in [3.8, 4) is 0 Å². The van der Waals surface area contributed by atoms with Crippen LogP contribution in [-0.4, -0.2) is 38.8 Å². The van der Waals surface area contributed by atoms with Crippen molar-refractivity contribution in [3.05, 3.63) is 28.7 Å². The predicted octanol–water partition coefficient (Wildman–Crippen LogP) is 1.60. The van der Waals surface area contributed by atoms with E-state index in [2.05, 4.69) is 21.2 Å². The first-order chi connectivity index (χ1) is 9.45. The molecule has 1 aromatic rings. The van der Waals surface area contributed by atoms with Crippen molar-refractivity contribution in [1.29, 1.82) is 0 Å². The molecule has 0 aromatic heterocycles. The van der Waals surface area contributed by atoms with Gasteiger partial charge in [-0.2, -0.15) is 4.31 Å². The maximum Gasteiger partial charge on any atom is 0.243 e. The molecule has 1 fully saturated rings. The van der Waals surface area contributed by atoms with Gasteiger partial charge in [-0.15, -0.1) is 0 Å². The largest absolute Gasteiger partial charge is 0.359 e. The molecule has 1 saturated heterocycles. The number of sulfonamides is 1. The van der Waals surface area contributed by atoms with E-state index in [0.717, 1.165) is 10.9 Å². The van der Waals surface area contributed by atoms with Gasteiger partial charge in [-0.25, -0.2) is 8.42 Å². The smallest absolute Gasteiger partial charge is 0.243 e. The normalized spacial score (nSPS) is 20.6. The van der Waals surface area contributed by atoms with E-state index in [1.54, 1.807) is 31.3 Å². The van der Waals surface area contributed by atoms with E-state index in [1.165, 1.54) is 4.31 Å². The zero-order chi connectivity index (χ0) is 14.8. The van der Waals surface area contributed by atoms with Gasteiger partial charge in [0.15, 0.2) is 0 Å². The van der Waals surface area contributed by atoms with Crippen molar-refractivity contribution in [2.24, 2.45) is 5.92 Å². The lowest BCUT2D eigenvalue weighted by molar-refractivity contribution is -0.125. The molecule has 1 aromatic carbocycles. The molecule has 7 heteroatoms. The summed E-state index contributed by atoms with van der Waals surface area (Å²) in [5.74, 6) is -0.361. The first-order valence-corrected chi connectivity index (χ1v) is 8.66. The predicted molar refractivity (Wildman–Crippen MR) is 79.7 cm³/mol. The molecule has 1 unspecified atom stereocenters. The molecule has 1 amide bonds. The summed E-state index contributed by atoms with van der Waals surface area (Å²) >= 11 is 3.28. The molecule has 0 spiro atoms. The average Bonchev–Trinajstić information content (AvgIpc) is 2.47. The van der Waals surface area contributed by atoms with E-state index in [-0.39, 0.29) is 23.3 Å². The highest BCUT2D eigenvalue weighted by atomic mass is 79.9. The zero-order valence-electron chi connectivity index (χ0n) is 11.2. The minimum absolute atomic E-state index is 0.0966. The fourth-order valence-corrected chi connectivity index (χ4v) is 4.12. The summed E-state index contributed by atoms with van der Waals surface area (Å²) in [7, 11) is -1.95. The van der Waals surface area contributed by atoms with Gasteiger partial charge in [-0.3, -0.25) is 4.79 Å². The number of amides is 1. The van der Waals surface area contributed by atoms with E-state index in [4.69, 9.17) is 0 Å². The van der Waals surface area contributed by atoms with Gasteiger partial charge in [0.1, 0.15) is 0 Å². The first-order valence-electron chi connectivity index (χ1n) is 6.42. The topological polar surface area (TPSA) is 66.5 Å². The molecule has 1 aliphatic heterocycles. The van der Waals surface area contributed by atoms with Gasteiger partial charge >= 0.3 is 0 Å². The number of carbonyl (C=O) groups excluding carboxylic acids is 1. The summed E-state index contributed by atoms with van der Waals surface area (Å²) < 4.78 is 27.3. The molecule has 0 aliphatic carbocycles. The van der Waals surface area contributed by atoms with Gasteiger partial charge in [0.25, 0.3) is 0 Å². The summed E-state index contributed by atoms with van der Waals surface area (Å²) in [6.07, 6.45) is 1.43. The number of carbonyl (C=O) groups is 1. The van der Waals surface area contributed by atoms with Gasteiger partial charge in [0.05, 0.1) is 10.8 Å². The average molecular weight is 361 g/mol.